The van der Waals surface area contributed by atoms with Gasteiger partial charge in [-0.3, -0.25) is 0 Å². The highest BCUT2D eigenvalue weighted by atomic mass is 79.9. The summed E-state index contributed by atoms with van der Waals surface area (Å²) in [5.74, 6) is -0.350. The Balaban J connectivity index is 2.22. The molecule has 0 aromatic heterocycles. The molecule has 2 N–H and O–H groups in total. The molecule has 0 aliphatic heterocycles. The summed E-state index contributed by atoms with van der Waals surface area (Å²) in [6.07, 6.45) is 0. The van der Waals surface area contributed by atoms with Crippen molar-refractivity contribution >= 4 is 39.3 Å². The normalized spacial score (nSPS) is 10.3. The number of ether oxygens (including phenoxy) is 1. The van der Waals surface area contributed by atoms with Crippen LogP contribution in [0.25, 0.3) is 0 Å². The molecule has 0 heterocycles. The first-order valence-corrected chi connectivity index (χ1v) is 7.71. The highest BCUT2D eigenvalue weighted by molar-refractivity contribution is 9.10. The minimum Gasteiger partial charge on any atom is -0.462 e. The maximum atomic E-state index is 11.6. The van der Waals surface area contributed by atoms with Gasteiger partial charge in [0.1, 0.15) is 0 Å². The SMILES string of the molecule is CCOC(=O)c1ccc(Sc2ccccc2Br)c(N)c1. The predicted molar refractivity (Wildman–Crippen MR) is 85.1 cm³/mol. The van der Waals surface area contributed by atoms with Crippen molar-refractivity contribution in [1.29, 1.82) is 0 Å². The largest absolute Gasteiger partial charge is 0.462 e. The molecule has 0 unspecified atom stereocenters. The lowest BCUT2D eigenvalue weighted by Gasteiger charge is -2.09. The number of carbonyl (C=O) groups is 1. The van der Waals surface area contributed by atoms with Gasteiger partial charge >= 0.3 is 5.97 Å². The quantitative estimate of drug-likeness (QED) is 0.656. The van der Waals surface area contributed by atoms with Crippen LogP contribution in [0, 0.1) is 0 Å². The zero-order valence-electron chi connectivity index (χ0n) is 10.9. The fourth-order valence-electron chi connectivity index (χ4n) is 1.63. The molecule has 0 aliphatic carbocycles. The topological polar surface area (TPSA) is 52.3 Å². The van der Waals surface area contributed by atoms with Crippen LogP contribution in [0.4, 0.5) is 5.69 Å². The fourth-order valence-corrected chi connectivity index (χ4v) is 3.02. The molecular weight excluding hydrogens is 338 g/mol. The smallest absolute Gasteiger partial charge is 0.338 e. The Morgan fingerprint density at radius 2 is 2.00 bits per heavy atom. The molecule has 2 aromatic carbocycles. The van der Waals surface area contributed by atoms with Gasteiger partial charge in [-0.25, -0.2) is 4.79 Å². The third-order valence-electron chi connectivity index (χ3n) is 2.58. The van der Waals surface area contributed by atoms with Gasteiger partial charge in [0.05, 0.1) is 12.2 Å². The van der Waals surface area contributed by atoms with E-state index in [4.69, 9.17) is 10.5 Å². The second kappa shape index (κ2) is 6.81. The number of hydrogen-bond donors (Lipinski definition) is 1. The number of esters is 1. The molecular formula is C15H14BrNO2S. The van der Waals surface area contributed by atoms with E-state index in [2.05, 4.69) is 15.9 Å². The van der Waals surface area contributed by atoms with Crippen molar-refractivity contribution < 1.29 is 9.53 Å². The number of halogens is 1. The van der Waals surface area contributed by atoms with Crippen LogP contribution >= 0.6 is 27.7 Å². The Labute approximate surface area is 130 Å². The molecule has 0 fully saturated rings. The van der Waals surface area contributed by atoms with E-state index >= 15 is 0 Å². The van der Waals surface area contributed by atoms with Crippen LogP contribution in [0.3, 0.4) is 0 Å². The van der Waals surface area contributed by atoms with Gasteiger partial charge in [0.2, 0.25) is 0 Å². The summed E-state index contributed by atoms with van der Waals surface area (Å²) >= 11 is 5.05. The van der Waals surface area contributed by atoms with E-state index in [9.17, 15) is 4.79 Å². The summed E-state index contributed by atoms with van der Waals surface area (Å²) in [6, 6.07) is 13.1. The first kappa shape index (κ1) is 14.9. The van der Waals surface area contributed by atoms with Crippen LogP contribution in [0.5, 0.6) is 0 Å². The van der Waals surface area contributed by atoms with Crippen molar-refractivity contribution in [3.05, 3.63) is 52.5 Å². The molecule has 0 aliphatic rings. The van der Waals surface area contributed by atoms with Crippen LogP contribution in [-0.2, 0) is 4.74 Å². The molecule has 0 saturated heterocycles. The Morgan fingerprint density at radius 1 is 1.25 bits per heavy atom. The third-order valence-corrected chi connectivity index (χ3v) is 4.70. The molecule has 2 aromatic rings. The summed E-state index contributed by atoms with van der Waals surface area (Å²) in [6.45, 7) is 2.13. The van der Waals surface area contributed by atoms with Crippen molar-refractivity contribution in [3.63, 3.8) is 0 Å². The van der Waals surface area contributed by atoms with E-state index in [0.29, 0.717) is 17.9 Å². The Bertz CT molecular complexity index is 631. The van der Waals surface area contributed by atoms with Gasteiger partial charge in [0, 0.05) is 20.0 Å². The first-order chi connectivity index (χ1) is 9.61. The van der Waals surface area contributed by atoms with E-state index in [1.807, 2.05) is 30.3 Å². The monoisotopic (exact) mass is 351 g/mol. The molecule has 0 atom stereocenters. The number of hydrogen-bond acceptors (Lipinski definition) is 4. The molecule has 5 heteroatoms. The summed E-state index contributed by atoms with van der Waals surface area (Å²) in [7, 11) is 0. The van der Waals surface area contributed by atoms with Crippen LogP contribution in [0.1, 0.15) is 17.3 Å². The average molecular weight is 352 g/mol. The lowest BCUT2D eigenvalue weighted by molar-refractivity contribution is 0.0526. The fraction of sp³-hybridized carbons (Fsp3) is 0.133. The number of rotatable bonds is 4. The maximum absolute atomic E-state index is 11.6. The second-order valence-corrected chi connectivity index (χ2v) is 5.94. The van der Waals surface area contributed by atoms with Crippen molar-refractivity contribution in [2.45, 2.75) is 16.7 Å². The van der Waals surface area contributed by atoms with E-state index < -0.39 is 0 Å². The second-order valence-electron chi connectivity index (χ2n) is 4.01. The van der Waals surface area contributed by atoms with Gasteiger partial charge in [0.25, 0.3) is 0 Å². The van der Waals surface area contributed by atoms with Gasteiger partial charge in [-0.2, -0.15) is 0 Å². The molecule has 0 amide bonds. The first-order valence-electron chi connectivity index (χ1n) is 6.11. The third kappa shape index (κ3) is 3.55. The van der Waals surface area contributed by atoms with Crippen LogP contribution in [-0.4, -0.2) is 12.6 Å². The minimum absolute atomic E-state index is 0.350. The molecule has 3 nitrogen and oxygen atoms in total. The maximum Gasteiger partial charge on any atom is 0.338 e. The van der Waals surface area contributed by atoms with E-state index in [1.54, 1.807) is 30.8 Å². The minimum atomic E-state index is -0.350. The standard InChI is InChI=1S/C15H14BrNO2S/c1-2-19-15(18)10-7-8-14(12(17)9-10)20-13-6-4-3-5-11(13)16/h3-9H,2,17H2,1H3. The van der Waals surface area contributed by atoms with E-state index in [0.717, 1.165) is 14.3 Å². The van der Waals surface area contributed by atoms with E-state index in [1.165, 1.54) is 0 Å². The number of nitrogen functional groups attached to an aromatic ring is 1. The van der Waals surface area contributed by atoms with Crippen LogP contribution < -0.4 is 5.73 Å². The highest BCUT2D eigenvalue weighted by Crippen LogP contribution is 2.36. The number of benzene rings is 2. The van der Waals surface area contributed by atoms with Gasteiger partial charge in [-0.15, -0.1) is 0 Å². The number of carbonyl (C=O) groups excluding carboxylic acids is 1. The molecule has 2 rings (SSSR count). The highest BCUT2D eigenvalue weighted by Gasteiger charge is 2.10. The van der Waals surface area contributed by atoms with Crippen molar-refractivity contribution in [3.8, 4) is 0 Å². The summed E-state index contributed by atoms with van der Waals surface area (Å²) in [4.78, 5) is 13.6. The summed E-state index contributed by atoms with van der Waals surface area (Å²) in [5.41, 5.74) is 7.05. The molecule has 0 spiro atoms. The van der Waals surface area contributed by atoms with Crippen LogP contribution in [0.15, 0.2) is 56.7 Å². The lowest BCUT2D eigenvalue weighted by Crippen LogP contribution is -2.05. The van der Waals surface area contributed by atoms with Crippen molar-refractivity contribution in [1.82, 2.24) is 0 Å². The Kier molecular flexibility index (Phi) is 5.09. The zero-order chi connectivity index (χ0) is 14.5. The molecule has 0 radical (unpaired) electrons. The number of nitrogens with two attached hydrogens (primary N) is 1. The summed E-state index contributed by atoms with van der Waals surface area (Å²) < 4.78 is 5.96. The zero-order valence-corrected chi connectivity index (χ0v) is 13.3. The van der Waals surface area contributed by atoms with Gasteiger partial charge in [-0.1, -0.05) is 23.9 Å². The van der Waals surface area contributed by atoms with Crippen molar-refractivity contribution in [2.24, 2.45) is 0 Å². The lowest BCUT2D eigenvalue weighted by atomic mass is 10.2. The van der Waals surface area contributed by atoms with E-state index in [-0.39, 0.29) is 5.97 Å². The number of anilines is 1. The van der Waals surface area contributed by atoms with Gasteiger partial charge < -0.3 is 10.5 Å². The molecule has 0 saturated carbocycles. The molecule has 20 heavy (non-hydrogen) atoms. The average Bonchev–Trinajstić information content (AvgIpc) is 2.43. The molecule has 0 bridgehead atoms. The predicted octanol–water partition coefficient (Wildman–Crippen LogP) is 4.36. The summed E-state index contributed by atoms with van der Waals surface area (Å²) in [5, 5.41) is 0. The van der Waals surface area contributed by atoms with Crippen LogP contribution in [0.2, 0.25) is 0 Å². The molecule has 104 valence electrons. The Morgan fingerprint density at radius 3 is 2.65 bits per heavy atom. The van der Waals surface area contributed by atoms with Gasteiger partial charge in [-0.05, 0) is 53.2 Å². The van der Waals surface area contributed by atoms with Crippen molar-refractivity contribution in [2.75, 3.05) is 12.3 Å². The Hall–Kier alpha value is -1.46. The van der Waals surface area contributed by atoms with Gasteiger partial charge in [0.15, 0.2) is 0 Å².